The second-order valence-electron chi connectivity index (χ2n) is 6.06. The van der Waals surface area contributed by atoms with Gasteiger partial charge in [0.15, 0.2) is 5.03 Å². The highest BCUT2D eigenvalue weighted by atomic mass is 32.2. The Balaban J connectivity index is 1.74. The van der Waals surface area contributed by atoms with Gasteiger partial charge < -0.3 is 9.13 Å². The summed E-state index contributed by atoms with van der Waals surface area (Å²) in [7, 11) is -3.58. The number of fused-ring (bicyclic) bond motifs is 1. The van der Waals surface area contributed by atoms with Crippen molar-refractivity contribution in [3.63, 3.8) is 0 Å². The molecule has 0 amide bonds. The summed E-state index contributed by atoms with van der Waals surface area (Å²) in [6, 6.07) is 0.0536. The average molecular weight is 323 g/mol. The van der Waals surface area contributed by atoms with Crippen molar-refractivity contribution >= 4 is 10.0 Å². The van der Waals surface area contributed by atoms with Gasteiger partial charge in [-0.1, -0.05) is 0 Å². The quantitative estimate of drug-likeness (QED) is 0.918. The number of hydrogen-bond donors (Lipinski definition) is 1. The predicted octanol–water partition coefficient (Wildman–Crippen LogP) is 1.26. The Morgan fingerprint density at radius 1 is 1.36 bits per heavy atom. The summed E-state index contributed by atoms with van der Waals surface area (Å²) < 4.78 is 31.5. The lowest BCUT2D eigenvalue weighted by molar-refractivity contribution is 0.420. The topological polar surface area (TPSA) is 81.8 Å². The molecule has 120 valence electrons. The minimum absolute atomic E-state index is 0.0776. The number of nitrogens with one attached hydrogen (secondary N) is 1. The molecule has 3 heterocycles. The van der Waals surface area contributed by atoms with Gasteiger partial charge in [-0.05, 0) is 27.2 Å². The van der Waals surface area contributed by atoms with E-state index in [0.717, 1.165) is 24.4 Å². The molecule has 1 atom stereocenters. The average Bonchev–Trinajstić information content (AvgIpc) is 3.03. The fourth-order valence-electron chi connectivity index (χ4n) is 2.70. The van der Waals surface area contributed by atoms with E-state index in [2.05, 4.69) is 14.7 Å². The molecule has 0 saturated carbocycles. The van der Waals surface area contributed by atoms with Gasteiger partial charge in [0.2, 0.25) is 0 Å². The van der Waals surface area contributed by atoms with E-state index < -0.39 is 10.0 Å². The molecule has 0 aliphatic carbocycles. The first-order chi connectivity index (χ1) is 10.3. The van der Waals surface area contributed by atoms with E-state index in [1.54, 1.807) is 17.1 Å². The molecule has 7 nitrogen and oxygen atoms in total. The maximum Gasteiger partial charge on any atom is 0.259 e. The van der Waals surface area contributed by atoms with Crippen molar-refractivity contribution in [2.75, 3.05) is 0 Å². The number of imidazole rings is 2. The molecular weight excluding hydrogens is 302 g/mol. The highest BCUT2D eigenvalue weighted by Gasteiger charge is 2.26. The number of rotatable bonds is 4. The maximum absolute atomic E-state index is 12.4. The highest BCUT2D eigenvalue weighted by molar-refractivity contribution is 7.89. The lowest BCUT2D eigenvalue weighted by atomic mass is 10.1. The molecule has 0 unspecified atom stereocenters. The third kappa shape index (κ3) is 2.93. The summed E-state index contributed by atoms with van der Waals surface area (Å²) in [6.45, 7) is 6.52. The van der Waals surface area contributed by atoms with Crippen molar-refractivity contribution in [3.05, 3.63) is 30.2 Å². The standard InChI is InChI=1S/C14H21N5O2S/c1-10(2)19-8-14(15-9-19)22(20,21)17-12-4-5-13-16-11(3)6-18(13)7-12/h6,8-10,12,17H,4-5,7H2,1-3H3/t12-/m1/s1. The summed E-state index contributed by atoms with van der Waals surface area (Å²) in [4.78, 5) is 8.45. The fourth-order valence-corrected chi connectivity index (χ4v) is 3.90. The molecule has 2 aromatic rings. The zero-order chi connectivity index (χ0) is 15.9. The summed E-state index contributed by atoms with van der Waals surface area (Å²) >= 11 is 0. The molecule has 8 heteroatoms. The van der Waals surface area contributed by atoms with Gasteiger partial charge in [-0.3, -0.25) is 0 Å². The normalized spacial score (nSPS) is 18.6. The number of hydrogen-bond acceptors (Lipinski definition) is 4. The SMILES string of the molecule is Cc1cn2c(n1)CC[C@@H](NS(=O)(=O)c1cn(C(C)C)cn1)C2. The fraction of sp³-hybridized carbons (Fsp3) is 0.571. The van der Waals surface area contributed by atoms with Crippen LogP contribution >= 0.6 is 0 Å². The van der Waals surface area contributed by atoms with Crippen molar-refractivity contribution in [3.8, 4) is 0 Å². The highest BCUT2D eigenvalue weighted by Crippen LogP contribution is 2.17. The Labute approximate surface area is 130 Å². The number of sulfonamides is 1. The summed E-state index contributed by atoms with van der Waals surface area (Å²) in [5, 5.41) is 0.0776. The van der Waals surface area contributed by atoms with Crippen LogP contribution in [0, 0.1) is 6.92 Å². The lowest BCUT2D eigenvalue weighted by Crippen LogP contribution is -2.40. The molecule has 1 N–H and O–H groups in total. The molecule has 22 heavy (non-hydrogen) atoms. The Bertz CT molecular complexity index is 775. The van der Waals surface area contributed by atoms with Crippen molar-refractivity contribution in [1.29, 1.82) is 0 Å². The second kappa shape index (κ2) is 5.51. The van der Waals surface area contributed by atoms with Crippen LogP contribution in [0.5, 0.6) is 0 Å². The monoisotopic (exact) mass is 323 g/mol. The van der Waals surface area contributed by atoms with E-state index in [1.807, 2.05) is 31.5 Å². The van der Waals surface area contributed by atoms with E-state index in [-0.39, 0.29) is 17.1 Å². The minimum Gasteiger partial charge on any atom is -0.334 e. The summed E-state index contributed by atoms with van der Waals surface area (Å²) in [5.41, 5.74) is 0.967. The van der Waals surface area contributed by atoms with Gasteiger partial charge in [0.25, 0.3) is 10.0 Å². The Kier molecular flexibility index (Phi) is 3.82. The number of nitrogens with zero attached hydrogens (tertiary/aromatic N) is 4. The van der Waals surface area contributed by atoms with Crippen LogP contribution in [0.2, 0.25) is 0 Å². The van der Waals surface area contributed by atoms with Crippen LogP contribution in [0.4, 0.5) is 0 Å². The first kappa shape index (κ1) is 15.2. The zero-order valence-electron chi connectivity index (χ0n) is 13.0. The predicted molar refractivity (Wildman–Crippen MR) is 82.0 cm³/mol. The smallest absolute Gasteiger partial charge is 0.259 e. The maximum atomic E-state index is 12.4. The van der Waals surface area contributed by atoms with Crippen LogP contribution in [0.15, 0.2) is 23.7 Å². The molecule has 2 aromatic heterocycles. The number of aromatic nitrogens is 4. The first-order valence-electron chi connectivity index (χ1n) is 7.43. The van der Waals surface area contributed by atoms with Crippen molar-refractivity contribution < 1.29 is 8.42 Å². The number of aryl methyl sites for hydroxylation is 2. The molecule has 0 bridgehead atoms. The van der Waals surface area contributed by atoms with E-state index in [4.69, 9.17) is 0 Å². The van der Waals surface area contributed by atoms with Gasteiger partial charge in [0.05, 0.1) is 12.0 Å². The van der Waals surface area contributed by atoms with Gasteiger partial charge in [0, 0.05) is 37.4 Å². The third-order valence-electron chi connectivity index (χ3n) is 3.88. The molecule has 1 aliphatic heterocycles. The molecule has 0 spiro atoms. The Hall–Kier alpha value is -1.67. The van der Waals surface area contributed by atoms with E-state index in [9.17, 15) is 8.42 Å². The zero-order valence-corrected chi connectivity index (χ0v) is 13.8. The summed E-state index contributed by atoms with van der Waals surface area (Å²) in [5.74, 6) is 1.03. The molecule has 0 radical (unpaired) electrons. The van der Waals surface area contributed by atoms with Crippen LogP contribution in [-0.2, 0) is 23.0 Å². The van der Waals surface area contributed by atoms with Crippen LogP contribution < -0.4 is 4.72 Å². The molecule has 0 saturated heterocycles. The van der Waals surface area contributed by atoms with Gasteiger partial charge in [-0.25, -0.2) is 23.1 Å². The molecule has 0 fully saturated rings. The Morgan fingerprint density at radius 2 is 2.14 bits per heavy atom. The van der Waals surface area contributed by atoms with Crippen LogP contribution in [0.3, 0.4) is 0 Å². The van der Waals surface area contributed by atoms with E-state index >= 15 is 0 Å². The minimum atomic E-state index is -3.58. The van der Waals surface area contributed by atoms with Crippen LogP contribution in [0.25, 0.3) is 0 Å². The van der Waals surface area contributed by atoms with Crippen LogP contribution in [0.1, 0.15) is 37.8 Å². The van der Waals surface area contributed by atoms with Gasteiger partial charge in [-0.15, -0.1) is 0 Å². The second-order valence-corrected chi connectivity index (χ2v) is 7.72. The first-order valence-corrected chi connectivity index (χ1v) is 8.92. The van der Waals surface area contributed by atoms with Gasteiger partial charge in [-0.2, -0.15) is 0 Å². The summed E-state index contributed by atoms with van der Waals surface area (Å²) in [6.07, 6.45) is 6.62. The van der Waals surface area contributed by atoms with Gasteiger partial charge in [0.1, 0.15) is 5.82 Å². The van der Waals surface area contributed by atoms with Crippen LogP contribution in [-0.4, -0.2) is 33.6 Å². The van der Waals surface area contributed by atoms with Crippen molar-refractivity contribution in [1.82, 2.24) is 23.8 Å². The molecule has 3 rings (SSSR count). The van der Waals surface area contributed by atoms with Crippen molar-refractivity contribution in [2.45, 2.75) is 57.3 Å². The van der Waals surface area contributed by atoms with Gasteiger partial charge >= 0.3 is 0 Å². The van der Waals surface area contributed by atoms with E-state index in [1.165, 1.54) is 0 Å². The molecular formula is C14H21N5O2S. The molecule has 1 aliphatic rings. The van der Waals surface area contributed by atoms with Crippen molar-refractivity contribution in [2.24, 2.45) is 0 Å². The molecule has 0 aromatic carbocycles. The third-order valence-corrected chi connectivity index (χ3v) is 5.29. The largest absolute Gasteiger partial charge is 0.334 e. The Morgan fingerprint density at radius 3 is 2.82 bits per heavy atom. The van der Waals surface area contributed by atoms with E-state index in [0.29, 0.717) is 6.54 Å². The lowest BCUT2D eigenvalue weighted by Gasteiger charge is -2.24.